The van der Waals surface area contributed by atoms with Gasteiger partial charge in [0.1, 0.15) is 0 Å². The molecule has 5 heteroatoms. The van der Waals surface area contributed by atoms with Crippen LogP contribution in [-0.2, 0) is 11.3 Å². The van der Waals surface area contributed by atoms with Crippen LogP contribution >= 0.6 is 15.9 Å². The van der Waals surface area contributed by atoms with Crippen molar-refractivity contribution in [1.29, 1.82) is 0 Å². The number of benzene rings is 1. The van der Waals surface area contributed by atoms with Gasteiger partial charge in [0, 0.05) is 36.7 Å². The van der Waals surface area contributed by atoms with Crippen molar-refractivity contribution >= 4 is 21.9 Å². The molecule has 1 aromatic rings. The number of rotatable bonds is 3. The molecular formula is C15H21BrN2O2. The van der Waals surface area contributed by atoms with E-state index in [-0.39, 0.29) is 5.97 Å². The maximum atomic E-state index is 11.5. The molecule has 110 valence electrons. The van der Waals surface area contributed by atoms with Crippen LogP contribution in [0.3, 0.4) is 0 Å². The lowest BCUT2D eigenvalue weighted by Crippen LogP contribution is -2.49. The number of hydrogen-bond acceptors (Lipinski definition) is 4. The summed E-state index contributed by atoms with van der Waals surface area (Å²) in [4.78, 5) is 16.3. The number of esters is 1. The predicted octanol–water partition coefficient (Wildman–Crippen LogP) is 2.37. The average Bonchev–Trinajstić information content (AvgIpc) is 2.42. The van der Waals surface area contributed by atoms with Crippen LogP contribution in [0.4, 0.5) is 0 Å². The van der Waals surface area contributed by atoms with Crippen LogP contribution in [0.2, 0.25) is 0 Å². The molecule has 1 unspecified atom stereocenters. The van der Waals surface area contributed by atoms with Crippen LogP contribution in [0.15, 0.2) is 22.7 Å². The minimum atomic E-state index is -0.301. The number of nitrogens with zero attached hydrogens (tertiary/aromatic N) is 2. The van der Waals surface area contributed by atoms with Crippen molar-refractivity contribution in [3.63, 3.8) is 0 Å². The van der Waals surface area contributed by atoms with Gasteiger partial charge in [0.25, 0.3) is 0 Å². The molecule has 0 radical (unpaired) electrons. The van der Waals surface area contributed by atoms with E-state index in [9.17, 15) is 4.79 Å². The highest BCUT2D eigenvalue weighted by molar-refractivity contribution is 9.10. The van der Waals surface area contributed by atoms with Crippen LogP contribution in [0, 0.1) is 0 Å². The molecule has 0 bridgehead atoms. The standard InChI is InChI=1S/C15H21BrN2O2/c1-11-9-17(2)6-7-18(11)10-13-5-4-12(8-14(13)16)15(19)20-3/h4-5,8,11H,6-7,9-10H2,1-3H3. The highest BCUT2D eigenvalue weighted by atomic mass is 79.9. The van der Waals surface area contributed by atoms with Crippen LogP contribution in [0.1, 0.15) is 22.8 Å². The molecular weight excluding hydrogens is 320 g/mol. The summed E-state index contributed by atoms with van der Waals surface area (Å²) in [6, 6.07) is 6.21. The van der Waals surface area contributed by atoms with Gasteiger partial charge in [-0.05, 0) is 31.7 Å². The second-order valence-electron chi connectivity index (χ2n) is 5.38. The van der Waals surface area contributed by atoms with Crippen molar-refractivity contribution in [2.75, 3.05) is 33.8 Å². The Morgan fingerprint density at radius 3 is 2.80 bits per heavy atom. The van der Waals surface area contributed by atoms with Crippen LogP contribution < -0.4 is 0 Å². The fraction of sp³-hybridized carbons (Fsp3) is 0.533. The number of halogens is 1. The minimum Gasteiger partial charge on any atom is -0.465 e. The fourth-order valence-electron chi connectivity index (χ4n) is 2.55. The summed E-state index contributed by atoms with van der Waals surface area (Å²) < 4.78 is 5.70. The van der Waals surface area contributed by atoms with Crippen molar-refractivity contribution in [3.05, 3.63) is 33.8 Å². The zero-order valence-electron chi connectivity index (χ0n) is 12.2. The summed E-state index contributed by atoms with van der Waals surface area (Å²) in [7, 11) is 3.56. The molecule has 1 aliphatic rings. The maximum absolute atomic E-state index is 11.5. The highest BCUT2D eigenvalue weighted by Crippen LogP contribution is 2.22. The number of carbonyl (C=O) groups is 1. The van der Waals surface area contributed by atoms with E-state index >= 15 is 0 Å². The Morgan fingerprint density at radius 2 is 2.20 bits per heavy atom. The van der Waals surface area contributed by atoms with Crippen LogP contribution in [-0.4, -0.2) is 55.6 Å². The number of likely N-dealkylation sites (N-methyl/N-ethyl adjacent to an activating group) is 1. The Labute approximate surface area is 128 Å². The van der Waals surface area contributed by atoms with Gasteiger partial charge in [-0.1, -0.05) is 22.0 Å². The van der Waals surface area contributed by atoms with Gasteiger partial charge < -0.3 is 9.64 Å². The molecule has 0 aliphatic carbocycles. The van der Waals surface area contributed by atoms with Gasteiger partial charge in [-0.3, -0.25) is 4.90 Å². The van der Waals surface area contributed by atoms with Crippen molar-refractivity contribution in [1.82, 2.24) is 9.80 Å². The fourth-order valence-corrected chi connectivity index (χ4v) is 3.06. The van der Waals surface area contributed by atoms with E-state index < -0.39 is 0 Å². The van der Waals surface area contributed by atoms with E-state index in [2.05, 4.69) is 39.7 Å². The summed E-state index contributed by atoms with van der Waals surface area (Å²) >= 11 is 3.56. The first kappa shape index (κ1) is 15.5. The normalized spacial score (nSPS) is 20.9. The van der Waals surface area contributed by atoms with Crippen molar-refractivity contribution in [2.45, 2.75) is 19.5 Å². The van der Waals surface area contributed by atoms with E-state index in [0.717, 1.165) is 30.7 Å². The summed E-state index contributed by atoms with van der Waals surface area (Å²) in [6.45, 7) is 6.42. The van der Waals surface area contributed by atoms with E-state index in [1.165, 1.54) is 12.7 Å². The molecule has 20 heavy (non-hydrogen) atoms. The van der Waals surface area contributed by atoms with Crippen molar-refractivity contribution < 1.29 is 9.53 Å². The van der Waals surface area contributed by atoms with Gasteiger partial charge in [-0.15, -0.1) is 0 Å². The van der Waals surface area contributed by atoms with Gasteiger partial charge in [-0.25, -0.2) is 4.79 Å². The van der Waals surface area contributed by atoms with Crippen LogP contribution in [0.25, 0.3) is 0 Å². The third-order valence-corrected chi connectivity index (χ3v) is 4.55. The second kappa shape index (κ2) is 6.70. The lowest BCUT2D eigenvalue weighted by molar-refractivity contribution is 0.0600. The molecule has 4 nitrogen and oxygen atoms in total. The van der Waals surface area contributed by atoms with Crippen molar-refractivity contribution in [2.24, 2.45) is 0 Å². The summed E-state index contributed by atoms with van der Waals surface area (Å²) in [5, 5.41) is 0. The molecule has 0 aromatic heterocycles. The van der Waals surface area contributed by atoms with Gasteiger partial charge >= 0.3 is 5.97 Å². The first-order chi connectivity index (χ1) is 9.51. The number of hydrogen-bond donors (Lipinski definition) is 0. The van der Waals surface area contributed by atoms with E-state index in [1.54, 1.807) is 0 Å². The summed E-state index contributed by atoms with van der Waals surface area (Å²) in [5.41, 5.74) is 1.78. The number of ether oxygens (including phenoxy) is 1. The lowest BCUT2D eigenvalue weighted by Gasteiger charge is -2.38. The molecule has 0 amide bonds. The SMILES string of the molecule is COC(=O)c1ccc(CN2CCN(C)CC2C)c(Br)c1. The lowest BCUT2D eigenvalue weighted by atomic mass is 10.1. The monoisotopic (exact) mass is 340 g/mol. The third kappa shape index (κ3) is 3.59. The van der Waals surface area contributed by atoms with Gasteiger partial charge in [0.05, 0.1) is 12.7 Å². The first-order valence-corrected chi connectivity index (χ1v) is 7.60. The maximum Gasteiger partial charge on any atom is 0.337 e. The largest absolute Gasteiger partial charge is 0.465 e. The molecule has 1 heterocycles. The molecule has 0 spiro atoms. The topological polar surface area (TPSA) is 32.8 Å². The Hall–Kier alpha value is -0.910. The molecule has 1 aromatic carbocycles. The molecule has 2 rings (SSSR count). The summed E-state index contributed by atoms with van der Waals surface area (Å²) in [6.07, 6.45) is 0. The number of piperazine rings is 1. The highest BCUT2D eigenvalue weighted by Gasteiger charge is 2.22. The van der Waals surface area contributed by atoms with Gasteiger partial charge in [-0.2, -0.15) is 0 Å². The predicted molar refractivity (Wildman–Crippen MR) is 82.9 cm³/mol. The number of methoxy groups -OCH3 is 1. The molecule has 0 saturated carbocycles. The van der Waals surface area contributed by atoms with Gasteiger partial charge in [0.15, 0.2) is 0 Å². The first-order valence-electron chi connectivity index (χ1n) is 6.80. The van der Waals surface area contributed by atoms with Gasteiger partial charge in [0.2, 0.25) is 0 Å². The Kier molecular flexibility index (Phi) is 5.18. The number of carbonyl (C=O) groups excluding carboxylic acids is 1. The second-order valence-corrected chi connectivity index (χ2v) is 6.23. The third-order valence-electron chi connectivity index (χ3n) is 3.82. The minimum absolute atomic E-state index is 0.301. The Morgan fingerprint density at radius 1 is 1.45 bits per heavy atom. The average molecular weight is 341 g/mol. The zero-order chi connectivity index (χ0) is 14.7. The molecule has 1 aliphatic heterocycles. The zero-order valence-corrected chi connectivity index (χ0v) is 13.8. The molecule has 0 N–H and O–H groups in total. The van der Waals surface area contributed by atoms with E-state index in [4.69, 9.17) is 4.74 Å². The summed E-state index contributed by atoms with van der Waals surface area (Å²) in [5.74, 6) is -0.301. The molecule has 1 fully saturated rings. The van der Waals surface area contributed by atoms with Crippen molar-refractivity contribution in [3.8, 4) is 0 Å². The Balaban J connectivity index is 2.08. The quantitative estimate of drug-likeness (QED) is 0.791. The van der Waals surface area contributed by atoms with E-state index in [0.29, 0.717) is 11.6 Å². The van der Waals surface area contributed by atoms with E-state index in [1.807, 2.05) is 18.2 Å². The molecule has 1 saturated heterocycles. The van der Waals surface area contributed by atoms with Crippen LogP contribution in [0.5, 0.6) is 0 Å². The smallest absolute Gasteiger partial charge is 0.337 e. The molecule has 1 atom stereocenters. The Bertz CT molecular complexity index is 493.